The average molecular weight is 286 g/mol. The maximum Gasteiger partial charge on any atom is 0.244 e. The summed E-state index contributed by atoms with van der Waals surface area (Å²) in [6.07, 6.45) is 3.04. The minimum Gasteiger partial charge on any atom is -0.321 e. The van der Waals surface area contributed by atoms with Crippen LogP contribution in [0.5, 0.6) is 0 Å². The van der Waals surface area contributed by atoms with E-state index < -0.39 is 0 Å². The maximum atomic E-state index is 12.7. The van der Waals surface area contributed by atoms with Crippen LogP contribution in [0.2, 0.25) is 0 Å². The van der Waals surface area contributed by atoms with Crippen LogP contribution in [0.1, 0.15) is 57.3 Å². The summed E-state index contributed by atoms with van der Waals surface area (Å²) >= 11 is 0. The molecule has 3 heteroatoms. The maximum absolute atomic E-state index is 12.7. The van der Waals surface area contributed by atoms with Crippen molar-refractivity contribution in [2.45, 2.75) is 58.7 Å². The number of carbonyl (C=O) groups excluding carboxylic acids is 1. The lowest BCUT2D eigenvalue weighted by Crippen LogP contribution is -2.34. The highest BCUT2D eigenvalue weighted by atomic mass is 16.2. The van der Waals surface area contributed by atoms with Crippen LogP contribution in [0, 0.1) is 12.3 Å². The van der Waals surface area contributed by atoms with E-state index in [0.717, 1.165) is 25.8 Å². The van der Waals surface area contributed by atoms with Gasteiger partial charge in [-0.05, 0) is 37.2 Å². The van der Waals surface area contributed by atoms with Crippen molar-refractivity contribution in [3.8, 4) is 0 Å². The lowest BCUT2D eigenvalue weighted by Gasteiger charge is -2.28. The third kappa shape index (κ3) is 2.84. The Bertz CT molecular complexity index is 555. The molecule has 1 atom stereocenters. The summed E-state index contributed by atoms with van der Waals surface area (Å²) in [4.78, 5) is 14.8. The summed E-state index contributed by atoms with van der Waals surface area (Å²) in [6.45, 7) is 9.63. The number of benzene rings is 1. The molecule has 0 radical (unpaired) electrons. The van der Waals surface area contributed by atoms with E-state index in [4.69, 9.17) is 0 Å². The van der Waals surface area contributed by atoms with Crippen molar-refractivity contribution in [2.24, 2.45) is 5.41 Å². The third-order valence-electron chi connectivity index (χ3n) is 4.61. The van der Waals surface area contributed by atoms with Gasteiger partial charge in [-0.15, -0.1) is 0 Å². The Hall–Kier alpha value is -1.35. The fourth-order valence-corrected chi connectivity index (χ4v) is 3.07. The van der Waals surface area contributed by atoms with Crippen molar-refractivity contribution in [3.63, 3.8) is 0 Å². The predicted octanol–water partition coefficient (Wildman–Crippen LogP) is 3.39. The third-order valence-corrected chi connectivity index (χ3v) is 4.61. The monoisotopic (exact) mass is 286 g/mol. The zero-order chi connectivity index (χ0) is 15.3. The molecule has 1 heterocycles. The number of aryl methyl sites for hydroxylation is 1. The van der Waals surface area contributed by atoms with Gasteiger partial charge in [0, 0.05) is 6.54 Å². The molecule has 114 valence electrons. The zero-order valence-corrected chi connectivity index (χ0v) is 13.6. The molecule has 1 amide bonds. The molecule has 1 saturated carbocycles. The van der Waals surface area contributed by atoms with Crippen molar-refractivity contribution in [1.29, 1.82) is 0 Å². The van der Waals surface area contributed by atoms with E-state index >= 15 is 0 Å². The number of hydrogen-bond acceptors (Lipinski definition) is 2. The second kappa shape index (κ2) is 4.84. The van der Waals surface area contributed by atoms with E-state index in [9.17, 15) is 4.79 Å². The van der Waals surface area contributed by atoms with Gasteiger partial charge in [0.15, 0.2) is 0 Å². The van der Waals surface area contributed by atoms with Crippen LogP contribution in [-0.4, -0.2) is 22.9 Å². The molecule has 2 aliphatic rings. The first kappa shape index (κ1) is 14.6. The second-order valence-corrected chi connectivity index (χ2v) is 7.85. The van der Waals surface area contributed by atoms with E-state index in [1.54, 1.807) is 0 Å². The van der Waals surface area contributed by atoms with Gasteiger partial charge in [-0.3, -0.25) is 10.1 Å². The van der Waals surface area contributed by atoms with E-state index in [0.29, 0.717) is 5.91 Å². The predicted molar refractivity (Wildman–Crippen MR) is 84.8 cm³/mol. The van der Waals surface area contributed by atoms with Crippen LogP contribution >= 0.6 is 0 Å². The molecule has 1 aliphatic heterocycles. The number of carbonyl (C=O) groups is 1. The average Bonchev–Trinajstić information content (AvgIpc) is 3.11. The van der Waals surface area contributed by atoms with Crippen LogP contribution < -0.4 is 5.32 Å². The first-order chi connectivity index (χ1) is 9.81. The largest absolute Gasteiger partial charge is 0.321 e. The fourth-order valence-electron chi connectivity index (χ4n) is 3.07. The van der Waals surface area contributed by atoms with Gasteiger partial charge in [-0.25, -0.2) is 0 Å². The first-order valence-corrected chi connectivity index (χ1v) is 7.96. The molecule has 1 unspecified atom stereocenters. The summed E-state index contributed by atoms with van der Waals surface area (Å²) in [6, 6.07) is 8.50. The minimum absolute atomic E-state index is 0.0437. The smallest absolute Gasteiger partial charge is 0.244 e. The highest BCUT2D eigenvalue weighted by Gasteiger charge is 2.59. The van der Waals surface area contributed by atoms with Crippen molar-refractivity contribution >= 4 is 5.91 Å². The van der Waals surface area contributed by atoms with Gasteiger partial charge in [-0.1, -0.05) is 50.6 Å². The molecule has 1 aromatic carbocycles. The van der Waals surface area contributed by atoms with Gasteiger partial charge < -0.3 is 4.90 Å². The lowest BCUT2D eigenvalue weighted by atomic mass is 9.92. The molecule has 0 bridgehead atoms. The lowest BCUT2D eigenvalue weighted by molar-refractivity contribution is -0.131. The summed E-state index contributed by atoms with van der Waals surface area (Å²) in [5.74, 6) is 0.304. The molecular formula is C18H26N2O. The minimum atomic E-state index is -0.244. The normalized spacial score (nSPS) is 23.9. The summed E-state index contributed by atoms with van der Waals surface area (Å²) in [5.41, 5.74) is 2.46. The molecule has 1 spiro atoms. The van der Waals surface area contributed by atoms with Crippen LogP contribution in [0.4, 0.5) is 0 Å². The SMILES string of the molecule is Cc1cccc(C2NC3(CC3)C(=O)N2CCC(C)(C)C)c1. The van der Waals surface area contributed by atoms with Crippen molar-refractivity contribution in [3.05, 3.63) is 35.4 Å². The van der Waals surface area contributed by atoms with E-state index in [2.05, 4.69) is 62.2 Å². The molecular weight excluding hydrogens is 260 g/mol. The number of amides is 1. The molecule has 1 N–H and O–H groups in total. The zero-order valence-electron chi connectivity index (χ0n) is 13.6. The Morgan fingerprint density at radius 1 is 1.33 bits per heavy atom. The number of nitrogens with one attached hydrogen (secondary N) is 1. The second-order valence-electron chi connectivity index (χ2n) is 7.85. The Labute approximate surface area is 127 Å². The van der Waals surface area contributed by atoms with Crippen molar-refractivity contribution < 1.29 is 4.79 Å². The molecule has 1 saturated heterocycles. The van der Waals surface area contributed by atoms with E-state index in [1.165, 1.54) is 11.1 Å². The van der Waals surface area contributed by atoms with Gasteiger partial charge in [0.2, 0.25) is 5.91 Å². The Balaban J connectivity index is 1.84. The number of hydrogen-bond donors (Lipinski definition) is 1. The molecule has 3 rings (SSSR count). The Morgan fingerprint density at radius 2 is 2.05 bits per heavy atom. The van der Waals surface area contributed by atoms with Gasteiger partial charge >= 0.3 is 0 Å². The van der Waals surface area contributed by atoms with Gasteiger partial charge in [-0.2, -0.15) is 0 Å². The molecule has 2 fully saturated rings. The number of rotatable bonds is 3. The van der Waals surface area contributed by atoms with Crippen LogP contribution in [0.15, 0.2) is 24.3 Å². The van der Waals surface area contributed by atoms with Gasteiger partial charge in [0.05, 0.1) is 0 Å². The van der Waals surface area contributed by atoms with Crippen molar-refractivity contribution in [2.75, 3.05) is 6.54 Å². The van der Waals surface area contributed by atoms with Gasteiger partial charge in [0.25, 0.3) is 0 Å². The highest BCUT2D eigenvalue weighted by molar-refractivity contribution is 5.92. The summed E-state index contributed by atoms with van der Waals surface area (Å²) in [7, 11) is 0. The van der Waals surface area contributed by atoms with E-state index in [1.807, 2.05) is 0 Å². The summed E-state index contributed by atoms with van der Waals surface area (Å²) in [5, 5.41) is 3.60. The molecule has 1 aliphatic carbocycles. The van der Waals surface area contributed by atoms with Gasteiger partial charge in [0.1, 0.15) is 11.7 Å². The molecule has 0 aromatic heterocycles. The van der Waals surface area contributed by atoms with Crippen LogP contribution in [0.3, 0.4) is 0 Å². The van der Waals surface area contributed by atoms with E-state index in [-0.39, 0.29) is 17.1 Å². The standard InChI is InChI=1S/C18H26N2O/c1-13-6-5-7-14(12-13)15-19-18(8-9-18)16(21)20(15)11-10-17(2,3)4/h5-7,12,15,19H,8-11H2,1-4H3. The topological polar surface area (TPSA) is 32.3 Å². The first-order valence-electron chi connectivity index (χ1n) is 7.96. The number of nitrogens with zero attached hydrogens (tertiary/aromatic N) is 1. The molecule has 3 nitrogen and oxygen atoms in total. The summed E-state index contributed by atoms with van der Waals surface area (Å²) < 4.78 is 0. The molecule has 1 aromatic rings. The van der Waals surface area contributed by atoms with Crippen LogP contribution in [-0.2, 0) is 4.79 Å². The Morgan fingerprint density at radius 3 is 2.62 bits per heavy atom. The van der Waals surface area contributed by atoms with Crippen LogP contribution in [0.25, 0.3) is 0 Å². The fraction of sp³-hybridized carbons (Fsp3) is 0.611. The van der Waals surface area contributed by atoms with Crippen molar-refractivity contribution in [1.82, 2.24) is 10.2 Å². The quantitative estimate of drug-likeness (QED) is 0.923. The molecule has 21 heavy (non-hydrogen) atoms. The highest BCUT2D eigenvalue weighted by Crippen LogP contribution is 2.46. The Kier molecular flexibility index (Phi) is 3.36.